The Balaban J connectivity index is 2.00. The highest BCUT2D eigenvalue weighted by atomic mass is 15.1. The standard InChI is InChI=1S/C17H25N3/c1-3-10-20-11-5-7-15(9-12-20)19-17-8-4-6-14(2)16(17)13-18/h4,6,8,15,19H,3,5,7,9-12H2,1-2H3. The Hall–Kier alpha value is -1.53. The molecule has 20 heavy (non-hydrogen) atoms. The molecule has 3 heteroatoms. The molecule has 0 radical (unpaired) electrons. The van der Waals surface area contributed by atoms with Crippen LogP contribution in [0.4, 0.5) is 5.69 Å². The van der Waals surface area contributed by atoms with Gasteiger partial charge in [-0.1, -0.05) is 19.1 Å². The van der Waals surface area contributed by atoms with Crippen molar-refractivity contribution >= 4 is 5.69 Å². The van der Waals surface area contributed by atoms with Crippen LogP contribution in [0.3, 0.4) is 0 Å². The average molecular weight is 271 g/mol. The van der Waals surface area contributed by atoms with Crippen molar-refractivity contribution in [3.63, 3.8) is 0 Å². The van der Waals surface area contributed by atoms with E-state index in [1.165, 1.54) is 45.3 Å². The highest BCUT2D eigenvalue weighted by Crippen LogP contribution is 2.22. The van der Waals surface area contributed by atoms with Crippen LogP contribution in [0.15, 0.2) is 18.2 Å². The molecule has 1 aromatic rings. The van der Waals surface area contributed by atoms with Crippen molar-refractivity contribution in [1.82, 2.24) is 4.90 Å². The van der Waals surface area contributed by atoms with Crippen LogP contribution in [0.1, 0.15) is 43.7 Å². The second-order valence-corrected chi connectivity index (χ2v) is 5.72. The molecule has 1 heterocycles. The molecule has 1 unspecified atom stereocenters. The molecule has 0 saturated carbocycles. The summed E-state index contributed by atoms with van der Waals surface area (Å²) in [5.74, 6) is 0. The molecule has 0 spiro atoms. The predicted octanol–water partition coefficient (Wildman–Crippen LogP) is 3.54. The van der Waals surface area contributed by atoms with Gasteiger partial charge in [0.25, 0.3) is 0 Å². The molecule has 1 aliphatic heterocycles. The minimum Gasteiger partial charge on any atom is -0.381 e. The number of nitriles is 1. The zero-order valence-electron chi connectivity index (χ0n) is 12.7. The molecule has 108 valence electrons. The molecule has 1 fully saturated rings. The molecular weight excluding hydrogens is 246 g/mol. The zero-order valence-corrected chi connectivity index (χ0v) is 12.7. The summed E-state index contributed by atoms with van der Waals surface area (Å²) in [5, 5.41) is 12.9. The summed E-state index contributed by atoms with van der Waals surface area (Å²) in [5.41, 5.74) is 2.85. The third-order valence-corrected chi connectivity index (χ3v) is 4.10. The van der Waals surface area contributed by atoms with Gasteiger partial charge in [0.1, 0.15) is 6.07 Å². The van der Waals surface area contributed by atoms with Crippen LogP contribution in [-0.2, 0) is 0 Å². The molecule has 0 amide bonds. The summed E-state index contributed by atoms with van der Waals surface area (Å²) in [7, 11) is 0. The molecule has 1 aromatic carbocycles. The molecule has 3 nitrogen and oxygen atoms in total. The largest absolute Gasteiger partial charge is 0.381 e. The number of aryl methyl sites for hydroxylation is 1. The number of nitrogens with zero attached hydrogens (tertiary/aromatic N) is 2. The molecule has 1 N–H and O–H groups in total. The maximum Gasteiger partial charge on any atom is 0.102 e. The summed E-state index contributed by atoms with van der Waals surface area (Å²) >= 11 is 0. The van der Waals surface area contributed by atoms with Gasteiger partial charge >= 0.3 is 0 Å². The van der Waals surface area contributed by atoms with Crippen molar-refractivity contribution in [2.75, 3.05) is 25.0 Å². The summed E-state index contributed by atoms with van der Waals surface area (Å²) < 4.78 is 0. The van der Waals surface area contributed by atoms with Crippen LogP contribution in [0.2, 0.25) is 0 Å². The van der Waals surface area contributed by atoms with Gasteiger partial charge in [0.05, 0.1) is 11.3 Å². The first-order valence-corrected chi connectivity index (χ1v) is 7.73. The van der Waals surface area contributed by atoms with E-state index in [1.807, 2.05) is 25.1 Å². The summed E-state index contributed by atoms with van der Waals surface area (Å²) in [4.78, 5) is 2.56. The molecule has 2 rings (SSSR count). The molecule has 1 aliphatic rings. The summed E-state index contributed by atoms with van der Waals surface area (Å²) in [6.45, 7) is 7.83. The Bertz CT molecular complexity index is 476. The fraction of sp³-hybridized carbons (Fsp3) is 0.588. The van der Waals surface area contributed by atoms with Crippen molar-refractivity contribution in [2.45, 2.75) is 45.6 Å². The lowest BCUT2D eigenvalue weighted by Gasteiger charge is -2.20. The topological polar surface area (TPSA) is 39.1 Å². The molecule has 1 atom stereocenters. The van der Waals surface area contributed by atoms with Crippen LogP contribution in [0.25, 0.3) is 0 Å². The van der Waals surface area contributed by atoms with Gasteiger partial charge in [-0.25, -0.2) is 0 Å². The Labute approximate surface area is 122 Å². The average Bonchev–Trinajstić information content (AvgIpc) is 2.65. The lowest BCUT2D eigenvalue weighted by molar-refractivity contribution is 0.285. The maximum atomic E-state index is 9.30. The lowest BCUT2D eigenvalue weighted by Crippen LogP contribution is -2.27. The normalized spacial score (nSPS) is 20.1. The van der Waals surface area contributed by atoms with Crippen LogP contribution >= 0.6 is 0 Å². The highest BCUT2D eigenvalue weighted by molar-refractivity contribution is 5.61. The Morgan fingerprint density at radius 3 is 2.95 bits per heavy atom. The number of rotatable bonds is 4. The van der Waals surface area contributed by atoms with Gasteiger partial charge in [-0.15, -0.1) is 0 Å². The minimum atomic E-state index is 0.491. The first-order valence-electron chi connectivity index (χ1n) is 7.73. The van der Waals surface area contributed by atoms with Crippen molar-refractivity contribution in [3.05, 3.63) is 29.3 Å². The van der Waals surface area contributed by atoms with E-state index in [2.05, 4.69) is 23.2 Å². The fourth-order valence-corrected chi connectivity index (χ4v) is 3.00. The molecule has 0 aliphatic carbocycles. The quantitative estimate of drug-likeness (QED) is 0.910. The number of nitrogens with one attached hydrogen (secondary N) is 1. The van der Waals surface area contributed by atoms with E-state index in [0.29, 0.717) is 6.04 Å². The number of hydrogen-bond donors (Lipinski definition) is 1. The second-order valence-electron chi connectivity index (χ2n) is 5.72. The van der Waals surface area contributed by atoms with Gasteiger partial charge in [-0.3, -0.25) is 0 Å². The SMILES string of the molecule is CCCN1CCCC(Nc2cccc(C)c2C#N)CC1. The maximum absolute atomic E-state index is 9.30. The number of likely N-dealkylation sites (tertiary alicyclic amines) is 1. The minimum absolute atomic E-state index is 0.491. The third-order valence-electron chi connectivity index (χ3n) is 4.10. The molecular formula is C17H25N3. The predicted molar refractivity (Wildman–Crippen MR) is 83.9 cm³/mol. The van der Waals surface area contributed by atoms with Crippen LogP contribution in [0, 0.1) is 18.3 Å². The van der Waals surface area contributed by atoms with Crippen molar-refractivity contribution in [2.24, 2.45) is 0 Å². The fourth-order valence-electron chi connectivity index (χ4n) is 3.00. The number of hydrogen-bond acceptors (Lipinski definition) is 3. The van der Waals surface area contributed by atoms with E-state index in [-0.39, 0.29) is 0 Å². The van der Waals surface area contributed by atoms with E-state index in [9.17, 15) is 5.26 Å². The van der Waals surface area contributed by atoms with E-state index >= 15 is 0 Å². The van der Waals surface area contributed by atoms with E-state index in [4.69, 9.17) is 0 Å². The van der Waals surface area contributed by atoms with Crippen molar-refractivity contribution < 1.29 is 0 Å². The number of anilines is 1. The Morgan fingerprint density at radius 1 is 1.35 bits per heavy atom. The zero-order chi connectivity index (χ0) is 14.4. The lowest BCUT2D eigenvalue weighted by atomic mass is 10.0. The van der Waals surface area contributed by atoms with Crippen LogP contribution in [-0.4, -0.2) is 30.6 Å². The number of benzene rings is 1. The van der Waals surface area contributed by atoms with Gasteiger partial charge < -0.3 is 10.2 Å². The monoisotopic (exact) mass is 271 g/mol. The van der Waals surface area contributed by atoms with Crippen molar-refractivity contribution in [1.29, 1.82) is 5.26 Å². The van der Waals surface area contributed by atoms with Gasteiger partial charge in [0.2, 0.25) is 0 Å². The summed E-state index contributed by atoms with van der Waals surface area (Å²) in [6, 6.07) is 8.87. The van der Waals surface area contributed by atoms with Gasteiger partial charge in [-0.05, 0) is 57.3 Å². The smallest absolute Gasteiger partial charge is 0.102 e. The molecule has 0 bridgehead atoms. The Kier molecular flexibility index (Phi) is 5.43. The highest BCUT2D eigenvalue weighted by Gasteiger charge is 2.17. The van der Waals surface area contributed by atoms with Gasteiger partial charge in [0.15, 0.2) is 0 Å². The van der Waals surface area contributed by atoms with E-state index in [0.717, 1.165) is 16.8 Å². The Morgan fingerprint density at radius 2 is 2.20 bits per heavy atom. The molecule has 0 aromatic heterocycles. The first kappa shape index (κ1) is 14.9. The van der Waals surface area contributed by atoms with E-state index in [1.54, 1.807) is 0 Å². The molecule has 1 saturated heterocycles. The van der Waals surface area contributed by atoms with Gasteiger partial charge in [-0.2, -0.15) is 5.26 Å². The van der Waals surface area contributed by atoms with Crippen LogP contribution < -0.4 is 5.32 Å². The van der Waals surface area contributed by atoms with Crippen molar-refractivity contribution in [3.8, 4) is 6.07 Å². The third kappa shape index (κ3) is 3.74. The van der Waals surface area contributed by atoms with Gasteiger partial charge in [0, 0.05) is 12.6 Å². The first-order chi connectivity index (χ1) is 9.74. The van der Waals surface area contributed by atoms with Crippen LogP contribution in [0.5, 0.6) is 0 Å². The van der Waals surface area contributed by atoms with E-state index < -0.39 is 0 Å². The summed E-state index contributed by atoms with van der Waals surface area (Å²) in [6.07, 6.45) is 4.83. The second kappa shape index (κ2) is 7.31.